The molecule has 0 spiro atoms. The SMILES string of the molecule is CCOC(=O)C1=C(C)N(C(C)C)C(=O)N[C@@H]1c1c(F)cccc1Cl. The fourth-order valence-electron chi connectivity index (χ4n) is 2.86. The van der Waals surface area contributed by atoms with E-state index in [1.807, 2.05) is 13.8 Å². The summed E-state index contributed by atoms with van der Waals surface area (Å²) >= 11 is 6.12. The van der Waals surface area contributed by atoms with E-state index in [1.165, 1.54) is 23.1 Å². The van der Waals surface area contributed by atoms with Gasteiger partial charge in [-0.05, 0) is 39.8 Å². The van der Waals surface area contributed by atoms with Crippen molar-refractivity contribution in [1.29, 1.82) is 0 Å². The molecule has 0 unspecified atom stereocenters. The molecular formula is C17H20ClFN2O3. The Morgan fingerprint density at radius 3 is 2.67 bits per heavy atom. The summed E-state index contributed by atoms with van der Waals surface area (Å²) in [5.41, 5.74) is 0.659. The number of benzene rings is 1. The lowest BCUT2D eigenvalue weighted by Gasteiger charge is -2.37. The van der Waals surface area contributed by atoms with Crippen molar-refractivity contribution in [3.63, 3.8) is 0 Å². The summed E-state index contributed by atoms with van der Waals surface area (Å²) in [4.78, 5) is 26.3. The van der Waals surface area contributed by atoms with E-state index < -0.39 is 23.9 Å². The summed E-state index contributed by atoms with van der Waals surface area (Å²) in [6.07, 6.45) is 0. The van der Waals surface area contributed by atoms with Gasteiger partial charge in [0.1, 0.15) is 5.82 Å². The Hall–Kier alpha value is -2.08. The van der Waals surface area contributed by atoms with Gasteiger partial charge >= 0.3 is 12.0 Å². The minimum atomic E-state index is -1.000. The summed E-state index contributed by atoms with van der Waals surface area (Å²) in [7, 11) is 0. The monoisotopic (exact) mass is 354 g/mol. The van der Waals surface area contributed by atoms with Crippen LogP contribution < -0.4 is 5.32 Å². The number of hydrogen-bond donors (Lipinski definition) is 1. The molecule has 1 aromatic rings. The third-order valence-corrected chi connectivity index (χ3v) is 4.16. The molecular weight excluding hydrogens is 335 g/mol. The van der Waals surface area contributed by atoms with Crippen LogP contribution in [-0.4, -0.2) is 29.5 Å². The first-order chi connectivity index (χ1) is 11.3. The molecule has 0 aliphatic carbocycles. The minimum Gasteiger partial charge on any atom is -0.463 e. The van der Waals surface area contributed by atoms with Crippen molar-refractivity contribution >= 4 is 23.6 Å². The minimum absolute atomic E-state index is 0.0540. The van der Waals surface area contributed by atoms with Gasteiger partial charge in [-0.3, -0.25) is 4.90 Å². The van der Waals surface area contributed by atoms with E-state index in [-0.39, 0.29) is 28.8 Å². The summed E-state index contributed by atoms with van der Waals surface area (Å²) in [6.45, 7) is 7.14. The number of rotatable bonds is 4. The van der Waals surface area contributed by atoms with Gasteiger partial charge in [0.15, 0.2) is 0 Å². The molecule has 1 N–H and O–H groups in total. The molecule has 7 heteroatoms. The molecule has 0 fully saturated rings. The zero-order valence-electron chi connectivity index (χ0n) is 14.0. The number of nitrogens with zero attached hydrogens (tertiary/aromatic N) is 1. The van der Waals surface area contributed by atoms with Gasteiger partial charge in [-0.25, -0.2) is 14.0 Å². The Bertz CT molecular complexity index is 683. The molecule has 0 radical (unpaired) electrons. The number of amides is 2. The number of allylic oxidation sites excluding steroid dienone is 1. The number of urea groups is 1. The number of esters is 1. The van der Waals surface area contributed by atoms with Crippen molar-refractivity contribution in [2.45, 2.75) is 39.8 Å². The van der Waals surface area contributed by atoms with E-state index in [1.54, 1.807) is 13.8 Å². The van der Waals surface area contributed by atoms with E-state index in [0.29, 0.717) is 5.70 Å². The standard InChI is InChI=1S/C17H20ClFN2O3/c1-5-24-16(22)13-10(4)21(9(2)3)17(23)20-15(13)14-11(18)7-6-8-12(14)19/h6-9,15H,5H2,1-4H3,(H,20,23)/t15-/m0/s1. The van der Waals surface area contributed by atoms with Crippen LogP contribution in [0.25, 0.3) is 0 Å². The fraction of sp³-hybridized carbons (Fsp3) is 0.412. The Labute approximate surface area is 145 Å². The highest BCUT2D eigenvalue weighted by Gasteiger charge is 2.39. The highest BCUT2D eigenvalue weighted by molar-refractivity contribution is 6.31. The second kappa shape index (κ2) is 7.21. The van der Waals surface area contributed by atoms with Crippen molar-refractivity contribution in [3.05, 3.63) is 45.9 Å². The molecule has 0 aromatic heterocycles. The van der Waals surface area contributed by atoms with Gasteiger partial charge in [-0.15, -0.1) is 0 Å². The quantitative estimate of drug-likeness (QED) is 0.837. The first kappa shape index (κ1) is 18.3. The molecule has 1 aromatic carbocycles. The fourth-order valence-corrected chi connectivity index (χ4v) is 3.13. The molecule has 2 rings (SSSR count). The average Bonchev–Trinajstić information content (AvgIpc) is 2.46. The van der Waals surface area contributed by atoms with E-state index in [0.717, 1.165) is 0 Å². The van der Waals surface area contributed by atoms with Gasteiger partial charge in [0, 0.05) is 22.3 Å². The lowest BCUT2D eigenvalue weighted by molar-refractivity contribution is -0.139. The largest absolute Gasteiger partial charge is 0.463 e. The smallest absolute Gasteiger partial charge is 0.338 e. The maximum atomic E-state index is 14.3. The number of halogens is 2. The summed E-state index contributed by atoms with van der Waals surface area (Å²) in [6, 6.07) is 2.62. The van der Waals surface area contributed by atoms with Gasteiger partial charge in [-0.1, -0.05) is 17.7 Å². The lowest BCUT2D eigenvalue weighted by Crippen LogP contribution is -2.50. The number of nitrogens with one attached hydrogen (secondary N) is 1. The third-order valence-electron chi connectivity index (χ3n) is 3.83. The summed E-state index contributed by atoms with van der Waals surface area (Å²) in [5.74, 6) is -1.20. The van der Waals surface area contributed by atoms with Gasteiger partial charge in [0.05, 0.1) is 18.2 Å². The van der Waals surface area contributed by atoms with Crippen LogP contribution in [0.2, 0.25) is 5.02 Å². The maximum absolute atomic E-state index is 14.3. The number of carbonyl (C=O) groups excluding carboxylic acids is 2. The summed E-state index contributed by atoms with van der Waals surface area (Å²) in [5, 5.41) is 2.80. The number of hydrogen-bond acceptors (Lipinski definition) is 3. The molecule has 130 valence electrons. The maximum Gasteiger partial charge on any atom is 0.338 e. The first-order valence-electron chi connectivity index (χ1n) is 7.71. The van der Waals surface area contributed by atoms with Crippen LogP contribution in [0.4, 0.5) is 9.18 Å². The molecule has 1 aliphatic heterocycles. The Balaban J connectivity index is 2.65. The molecule has 24 heavy (non-hydrogen) atoms. The van der Waals surface area contributed by atoms with Crippen LogP contribution in [0.5, 0.6) is 0 Å². The number of carbonyl (C=O) groups is 2. The van der Waals surface area contributed by atoms with Crippen LogP contribution >= 0.6 is 11.6 Å². The predicted molar refractivity (Wildman–Crippen MR) is 89.0 cm³/mol. The zero-order valence-corrected chi connectivity index (χ0v) is 14.8. The van der Waals surface area contributed by atoms with Crippen molar-refractivity contribution < 1.29 is 18.7 Å². The van der Waals surface area contributed by atoms with Crippen molar-refractivity contribution in [3.8, 4) is 0 Å². The second-order valence-corrected chi connectivity index (χ2v) is 6.11. The number of ether oxygens (including phenoxy) is 1. The zero-order chi connectivity index (χ0) is 18.0. The Kier molecular flexibility index (Phi) is 5.49. The van der Waals surface area contributed by atoms with Gasteiger partial charge in [0.25, 0.3) is 0 Å². The molecule has 0 saturated heterocycles. The summed E-state index contributed by atoms with van der Waals surface area (Å²) < 4.78 is 19.4. The molecule has 1 atom stereocenters. The van der Waals surface area contributed by atoms with Crippen molar-refractivity contribution in [1.82, 2.24) is 10.2 Å². The molecule has 0 bridgehead atoms. The third kappa shape index (κ3) is 3.24. The van der Waals surface area contributed by atoms with Crippen LogP contribution in [0.1, 0.15) is 39.3 Å². The van der Waals surface area contributed by atoms with E-state index in [2.05, 4.69) is 5.32 Å². The first-order valence-corrected chi connectivity index (χ1v) is 8.08. The van der Waals surface area contributed by atoms with Crippen molar-refractivity contribution in [2.24, 2.45) is 0 Å². The van der Waals surface area contributed by atoms with Crippen LogP contribution in [-0.2, 0) is 9.53 Å². The molecule has 5 nitrogen and oxygen atoms in total. The highest BCUT2D eigenvalue weighted by atomic mass is 35.5. The normalized spacial score (nSPS) is 18.0. The van der Waals surface area contributed by atoms with Gasteiger partial charge in [-0.2, -0.15) is 0 Å². The molecule has 1 aliphatic rings. The van der Waals surface area contributed by atoms with Gasteiger partial charge in [0.2, 0.25) is 0 Å². The average molecular weight is 355 g/mol. The molecule has 1 heterocycles. The van der Waals surface area contributed by atoms with Gasteiger partial charge < -0.3 is 10.1 Å². The highest BCUT2D eigenvalue weighted by Crippen LogP contribution is 2.36. The Morgan fingerprint density at radius 2 is 2.12 bits per heavy atom. The lowest BCUT2D eigenvalue weighted by atomic mass is 9.94. The predicted octanol–water partition coefficient (Wildman–Crippen LogP) is 3.79. The molecule has 0 saturated carbocycles. The van der Waals surface area contributed by atoms with Crippen molar-refractivity contribution in [2.75, 3.05) is 6.61 Å². The second-order valence-electron chi connectivity index (χ2n) is 5.70. The van der Waals surface area contributed by atoms with E-state index in [9.17, 15) is 14.0 Å². The topological polar surface area (TPSA) is 58.6 Å². The molecule has 2 amide bonds. The van der Waals surface area contributed by atoms with E-state index >= 15 is 0 Å². The van der Waals surface area contributed by atoms with Crippen LogP contribution in [0.15, 0.2) is 29.5 Å². The van der Waals surface area contributed by atoms with E-state index in [4.69, 9.17) is 16.3 Å². The Morgan fingerprint density at radius 1 is 1.46 bits per heavy atom. The van der Waals surface area contributed by atoms with Crippen LogP contribution in [0, 0.1) is 5.82 Å². The van der Waals surface area contributed by atoms with Crippen LogP contribution in [0.3, 0.4) is 0 Å².